The molecule has 1 fully saturated rings. The summed E-state index contributed by atoms with van der Waals surface area (Å²) in [5.74, 6) is -2.43. The van der Waals surface area contributed by atoms with Crippen molar-refractivity contribution in [2.24, 2.45) is 5.73 Å². The van der Waals surface area contributed by atoms with Gasteiger partial charge in [-0.25, -0.2) is 8.78 Å². The third-order valence-corrected chi connectivity index (χ3v) is 4.83. The number of alkyl halides is 4. The molecule has 1 atom stereocenters. The first-order valence-corrected chi connectivity index (χ1v) is 10.4. The number of rotatable bonds is 7. The second kappa shape index (κ2) is 10.8. The molecule has 0 spiro atoms. The summed E-state index contributed by atoms with van der Waals surface area (Å²) in [5.41, 5.74) is 7.64. The van der Waals surface area contributed by atoms with Gasteiger partial charge in [-0.1, -0.05) is 42.0 Å². The minimum atomic E-state index is -4.78. The van der Waals surface area contributed by atoms with Crippen molar-refractivity contribution in [3.05, 3.63) is 95.1 Å². The highest BCUT2D eigenvalue weighted by atomic mass is 19.3. The van der Waals surface area contributed by atoms with Gasteiger partial charge in [0.05, 0.1) is 12.1 Å². The Hall–Kier alpha value is -3.20. The molecule has 0 saturated heterocycles. The van der Waals surface area contributed by atoms with Crippen LogP contribution in [0.2, 0.25) is 0 Å². The summed E-state index contributed by atoms with van der Waals surface area (Å²) in [7, 11) is 0. The van der Waals surface area contributed by atoms with Crippen LogP contribution in [0.25, 0.3) is 0 Å². The van der Waals surface area contributed by atoms with Crippen LogP contribution in [0.15, 0.2) is 66.7 Å². The standard InChI is InChI=1S/C18H15F6NO2.C7H8/c19-11-5-10(6-13(8-11)27-18(23,24)17(21)22)16(25)9-1-4-14(20)15(7-9)26-12-2-3-12;1-7-5-3-2-4-6-7/h1,4-8,12,16-17H,2-3,25H2;2-6H,1H3/t16-;/m1./s1. The Morgan fingerprint density at radius 1 is 0.912 bits per heavy atom. The van der Waals surface area contributed by atoms with Gasteiger partial charge >= 0.3 is 12.5 Å². The number of halogens is 6. The molecule has 2 N–H and O–H groups in total. The van der Waals surface area contributed by atoms with Crippen molar-refractivity contribution in [1.29, 1.82) is 0 Å². The van der Waals surface area contributed by atoms with Gasteiger partial charge in [0.25, 0.3) is 0 Å². The van der Waals surface area contributed by atoms with E-state index in [-0.39, 0.29) is 17.4 Å². The van der Waals surface area contributed by atoms with Crippen LogP contribution in [0, 0.1) is 18.6 Å². The van der Waals surface area contributed by atoms with Crippen molar-refractivity contribution < 1.29 is 35.8 Å². The molecule has 1 saturated carbocycles. The van der Waals surface area contributed by atoms with Crippen LogP contribution in [-0.4, -0.2) is 18.6 Å². The molecule has 0 radical (unpaired) electrons. The Morgan fingerprint density at radius 3 is 2.15 bits per heavy atom. The van der Waals surface area contributed by atoms with Gasteiger partial charge in [0.15, 0.2) is 11.6 Å². The Kier molecular flexibility index (Phi) is 8.09. The fraction of sp³-hybridized carbons (Fsp3) is 0.280. The van der Waals surface area contributed by atoms with Gasteiger partial charge in [0.1, 0.15) is 11.6 Å². The van der Waals surface area contributed by atoms with Crippen molar-refractivity contribution in [3.8, 4) is 11.5 Å². The molecule has 0 bridgehead atoms. The van der Waals surface area contributed by atoms with E-state index in [0.717, 1.165) is 31.0 Å². The van der Waals surface area contributed by atoms with Gasteiger partial charge in [-0.15, -0.1) is 0 Å². The average Bonchev–Trinajstić information content (AvgIpc) is 3.59. The van der Waals surface area contributed by atoms with E-state index in [1.165, 1.54) is 17.7 Å². The van der Waals surface area contributed by atoms with Gasteiger partial charge < -0.3 is 15.2 Å². The number of hydrogen-bond acceptors (Lipinski definition) is 3. The number of hydrogen-bond donors (Lipinski definition) is 1. The summed E-state index contributed by atoms with van der Waals surface area (Å²) in [4.78, 5) is 0. The average molecular weight is 483 g/mol. The molecule has 9 heteroatoms. The topological polar surface area (TPSA) is 44.5 Å². The van der Waals surface area contributed by atoms with Crippen molar-refractivity contribution in [3.63, 3.8) is 0 Å². The van der Waals surface area contributed by atoms with E-state index in [9.17, 15) is 26.3 Å². The summed E-state index contributed by atoms with van der Waals surface area (Å²) in [6, 6.07) is 15.4. The van der Waals surface area contributed by atoms with E-state index in [1.807, 2.05) is 18.2 Å². The zero-order valence-electron chi connectivity index (χ0n) is 18.2. The number of benzene rings is 3. The minimum absolute atomic E-state index is 0.0148. The fourth-order valence-corrected chi connectivity index (χ4v) is 2.92. The molecule has 0 heterocycles. The molecule has 34 heavy (non-hydrogen) atoms. The fourth-order valence-electron chi connectivity index (χ4n) is 2.92. The molecular weight excluding hydrogens is 460 g/mol. The second-order valence-electron chi connectivity index (χ2n) is 7.82. The van der Waals surface area contributed by atoms with E-state index >= 15 is 0 Å². The molecule has 4 rings (SSSR count). The Morgan fingerprint density at radius 2 is 1.59 bits per heavy atom. The lowest BCUT2D eigenvalue weighted by atomic mass is 9.99. The SMILES string of the molecule is Cc1ccccc1.N[C@@H](c1cc(F)cc(OC(F)(F)C(F)F)c1)c1ccc(F)c(OC2CC2)c1. The largest absolute Gasteiger partial charge is 0.487 e. The highest BCUT2D eigenvalue weighted by Crippen LogP contribution is 2.34. The maximum atomic E-state index is 13.8. The lowest BCUT2D eigenvalue weighted by Crippen LogP contribution is -2.33. The van der Waals surface area contributed by atoms with E-state index in [4.69, 9.17) is 10.5 Å². The van der Waals surface area contributed by atoms with Crippen LogP contribution >= 0.6 is 0 Å². The van der Waals surface area contributed by atoms with E-state index in [1.54, 1.807) is 0 Å². The van der Waals surface area contributed by atoms with Crippen LogP contribution in [0.4, 0.5) is 26.3 Å². The van der Waals surface area contributed by atoms with Gasteiger partial charge in [0, 0.05) is 6.07 Å². The van der Waals surface area contributed by atoms with Crippen molar-refractivity contribution in [2.45, 2.75) is 44.4 Å². The molecule has 0 amide bonds. The first-order chi connectivity index (χ1) is 16.0. The maximum absolute atomic E-state index is 13.8. The second-order valence-corrected chi connectivity index (χ2v) is 7.82. The Balaban J connectivity index is 0.000000396. The lowest BCUT2D eigenvalue weighted by Gasteiger charge is -2.19. The molecular formula is C25H23F6NO2. The smallest absolute Gasteiger partial charge is 0.461 e. The molecule has 1 aliphatic carbocycles. The highest BCUT2D eigenvalue weighted by molar-refractivity contribution is 5.40. The predicted molar refractivity (Wildman–Crippen MR) is 115 cm³/mol. The third-order valence-electron chi connectivity index (χ3n) is 4.83. The molecule has 3 aromatic rings. The molecule has 0 aliphatic heterocycles. The summed E-state index contributed by atoms with van der Waals surface area (Å²) >= 11 is 0. The number of ether oxygens (including phenoxy) is 2. The maximum Gasteiger partial charge on any atom is 0.461 e. The van der Waals surface area contributed by atoms with Crippen molar-refractivity contribution >= 4 is 0 Å². The van der Waals surface area contributed by atoms with E-state index in [2.05, 4.69) is 23.8 Å². The third kappa shape index (κ3) is 7.15. The molecule has 1 aliphatic rings. The predicted octanol–water partition coefficient (Wildman–Crippen LogP) is 6.79. The quantitative estimate of drug-likeness (QED) is 0.377. The van der Waals surface area contributed by atoms with E-state index in [0.29, 0.717) is 11.6 Å². The van der Waals surface area contributed by atoms with Crippen LogP contribution in [0.1, 0.15) is 35.6 Å². The van der Waals surface area contributed by atoms with Gasteiger partial charge in [-0.2, -0.15) is 17.6 Å². The van der Waals surface area contributed by atoms with Crippen LogP contribution < -0.4 is 15.2 Å². The first kappa shape index (κ1) is 25.4. The van der Waals surface area contributed by atoms with Crippen LogP contribution in [-0.2, 0) is 0 Å². The molecule has 3 nitrogen and oxygen atoms in total. The van der Waals surface area contributed by atoms with Gasteiger partial charge in [-0.05, 0) is 55.2 Å². The van der Waals surface area contributed by atoms with Gasteiger partial charge in [0.2, 0.25) is 0 Å². The van der Waals surface area contributed by atoms with Crippen LogP contribution in [0.5, 0.6) is 11.5 Å². The monoisotopic (exact) mass is 483 g/mol. The Labute approximate surface area is 193 Å². The summed E-state index contributed by atoms with van der Waals surface area (Å²) in [6.45, 7) is 2.08. The Bertz CT molecular complexity index is 1090. The summed E-state index contributed by atoms with van der Waals surface area (Å²) in [6.07, 6.45) is -7.33. The zero-order valence-corrected chi connectivity index (χ0v) is 18.2. The minimum Gasteiger partial charge on any atom is -0.487 e. The normalized spacial score (nSPS) is 14.3. The van der Waals surface area contributed by atoms with Gasteiger partial charge in [-0.3, -0.25) is 0 Å². The highest BCUT2D eigenvalue weighted by Gasteiger charge is 2.44. The van der Waals surface area contributed by atoms with Crippen molar-refractivity contribution in [1.82, 2.24) is 0 Å². The first-order valence-electron chi connectivity index (χ1n) is 10.4. The van der Waals surface area contributed by atoms with Crippen molar-refractivity contribution in [2.75, 3.05) is 0 Å². The molecule has 0 unspecified atom stereocenters. The van der Waals surface area contributed by atoms with E-state index < -0.39 is 36.0 Å². The number of nitrogens with two attached hydrogens (primary N) is 1. The van der Waals surface area contributed by atoms with Crippen LogP contribution in [0.3, 0.4) is 0 Å². The summed E-state index contributed by atoms with van der Waals surface area (Å²) < 4.78 is 87.5. The molecule has 182 valence electrons. The molecule has 0 aromatic heterocycles. The molecule has 3 aromatic carbocycles. The lowest BCUT2D eigenvalue weighted by molar-refractivity contribution is -0.253. The number of aryl methyl sites for hydroxylation is 1. The summed E-state index contributed by atoms with van der Waals surface area (Å²) in [5, 5.41) is 0. The zero-order chi connectivity index (χ0) is 24.9.